The van der Waals surface area contributed by atoms with E-state index in [9.17, 15) is 0 Å². The summed E-state index contributed by atoms with van der Waals surface area (Å²) in [6.45, 7) is 3.39. The van der Waals surface area contributed by atoms with Crippen LogP contribution in [-0.2, 0) is 0 Å². The van der Waals surface area contributed by atoms with Gasteiger partial charge in [-0.1, -0.05) is 12.8 Å². The summed E-state index contributed by atoms with van der Waals surface area (Å²) in [5.41, 5.74) is 1.03. The van der Waals surface area contributed by atoms with Crippen LogP contribution in [0.1, 0.15) is 39.0 Å². The third-order valence-electron chi connectivity index (χ3n) is 4.11. The summed E-state index contributed by atoms with van der Waals surface area (Å²) in [6.07, 6.45) is 6.43. The number of hydrogen-bond acceptors (Lipinski definition) is 4. The summed E-state index contributed by atoms with van der Waals surface area (Å²) in [5.74, 6) is 1.64. The van der Waals surface area contributed by atoms with Gasteiger partial charge in [0.25, 0.3) is 0 Å². The molecule has 1 fully saturated rings. The Morgan fingerprint density at radius 1 is 1.24 bits per heavy atom. The van der Waals surface area contributed by atoms with E-state index < -0.39 is 0 Å². The Balaban J connectivity index is 1.93. The van der Waals surface area contributed by atoms with Crippen LogP contribution in [-0.4, -0.2) is 32.8 Å². The van der Waals surface area contributed by atoms with Crippen molar-refractivity contribution in [2.75, 3.05) is 26.1 Å². The normalized spacial score (nSPS) is 20.4. The first kappa shape index (κ1) is 16.0. The molecular weight excluding hydrogens is 264 g/mol. The van der Waals surface area contributed by atoms with E-state index in [4.69, 9.17) is 9.47 Å². The molecule has 0 spiro atoms. The molecule has 1 aliphatic rings. The van der Waals surface area contributed by atoms with Crippen LogP contribution in [0.3, 0.4) is 0 Å². The highest BCUT2D eigenvalue weighted by molar-refractivity contribution is 5.59. The molecule has 0 radical (unpaired) electrons. The predicted molar refractivity (Wildman–Crippen MR) is 87.5 cm³/mol. The van der Waals surface area contributed by atoms with Gasteiger partial charge < -0.3 is 20.1 Å². The molecule has 21 heavy (non-hydrogen) atoms. The fourth-order valence-electron chi connectivity index (χ4n) is 2.97. The number of benzene rings is 1. The maximum absolute atomic E-state index is 5.44. The van der Waals surface area contributed by atoms with Crippen molar-refractivity contribution in [1.29, 1.82) is 0 Å². The van der Waals surface area contributed by atoms with Crippen LogP contribution in [0.2, 0.25) is 0 Å². The smallest absolute Gasteiger partial charge is 0.145 e. The third kappa shape index (κ3) is 4.81. The van der Waals surface area contributed by atoms with Gasteiger partial charge in [-0.25, -0.2) is 0 Å². The molecule has 0 amide bonds. The molecule has 1 aliphatic heterocycles. The molecule has 1 saturated heterocycles. The standard InChI is InChI=1S/C17H28N2O2/c1-13(11-14-7-5-4-6-10-18-14)19-16-9-8-15(20-2)12-17(16)21-3/h8-9,12-14,18-19H,4-7,10-11H2,1-3H3. The first-order valence-electron chi connectivity index (χ1n) is 7.95. The summed E-state index contributed by atoms with van der Waals surface area (Å²) >= 11 is 0. The lowest BCUT2D eigenvalue weighted by molar-refractivity contribution is 0.394. The molecule has 2 atom stereocenters. The van der Waals surface area contributed by atoms with Gasteiger partial charge in [0, 0.05) is 18.2 Å². The van der Waals surface area contributed by atoms with Crippen molar-refractivity contribution in [3.8, 4) is 11.5 Å². The SMILES string of the molecule is COc1ccc(NC(C)CC2CCCCCN2)c(OC)c1. The van der Waals surface area contributed by atoms with E-state index in [1.165, 1.54) is 25.7 Å². The highest BCUT2D eigenvalue weighted by Crippen LogP contribution is 2.30. The van der Waals surface area contributed by atoms with Gasteiger partial charge in [-0.2, -0.15) is 0 Å². The van der Waals surface area contributed by atoms with Gasteiger partial charge >= 0.3 is 0 Å². The molecule has 118 valence electrons. The van der Waals surface area contributed by atoms with E-state index in [0.717, 1.165) is 30.2 Å². The van der Waals surface area contributed by atoms with Crippen molar-refractivity contribution in [1.82, 2.24) is 5.32 Å². The minimum Gasteiger partial charge on any atom is -0.497 e. The number of anilines is 1. The topological polar surface area (TPSA) is 42.5 Å². The molecule has 1 aromatic rings. The van der Waals surface area contributed by atoms with Crippen molar-refractivity contribution >= 4 is 5.69 Å². The molecule has 2 unspecified atom stereocenters. The number of methoxy groups -OCH3 is 2. The molecule has 0 aliphatic carbocycles. The van der Waals surface area contributed by atoms with E-state index in [0.29, 0.717) is 12.1 Å². The highest BCUT2D eigenvalue weighted by Gasteiger charge is 2.16. The maximum atomic E-state index is 5.44. The molecule has 4 heteroatoms. The Hall–Kier alpha value is -1.42. The fourth-order valence-corrected chi connectivity index (χ4v) is 2.97. The number of hydrogen-bond donors (Lipinski definition) is 2. The number of nitrogens with one attached hydrogen (secondary N) is 2. The number of ether oxygens (including phenoxy) is 2. The van der Waals surface area contributed by atoms with E-state index in [1.54, 1.807) is 14.2 Å². The maximum Gasteiger partial charge on any atom is 0.145 e. The van der Waals surface area contributed by atoms with Crippen molar-refractivity contribution in [3.05, 3.63) is 18.2 Å². The van der Waals surface area contributed by atoms with Crippen molar-refractivity contribution in [3.63, 3.8) is 0 Å². The molecule has 2 rings (SSSR count). The Kier molecular flexibility index (Phi) is 6.18. The van der Waals surface area contributed by atoms with Gasteiger partial charge in [-0.15, -0.1) is 0 Å². The van der Waals surface area contributed by atoms with Crippen LogP contribution >= 0.6 is 0 Å². The molecule has 0 bridgehead atoms. The van der Waals surface area contributed by atoms with Crippen molar-refractivity contribution in [2.24, 2.45) is 0 Å². The van der Waals surface area contributed by atoms with Gasteiger partial charge in [0.2, 0.25) is 0 Å². The van der Waals surface area contributed by atoms with Crippen molar-refractivity contribution < 1.29 is 9.47 Å². The summed E-state index contributed by atoms with van der Waals surface area (Å²) in [6, 6.07) is 6.93. The lowest BCUT2D eigenvalue weighted by atomic mass is 10.0. The second-order valence-electron chi connectivity index (χ2n) is 5.85. The van der Waals surface area contributed by atoms with Crippen LogP contribution in [0.25, 0.3) is 0 Å². The van der Waals surface area contributed by atoms with Gasteiger partial charge in [-0.3, -0.25) is 0 Å². The summed E-state index contributed by atoms with van der Waals surface area (Å²) in [4.78, 5) is 0. The zero-order chi connectivity index (χ0) is 15.1. The van der Waals surface area contributed by atoms with Gasteiger partial charge in [-0.05, 0) is 44.9 Å². The minimum absolute atomic E-state index is 0.405. The molecule has 1 heterocycles. The van der Waals surface area contributed by atoms with Crippen LogP contribution < -0.4 is 20.1 Å². The Bertz CT molecular complexity index is 429. The zero-order valence-corrected chi connectivity index (χ0v) is 13.4. The highest BCUT2D eigenvalue weighted by atomic mass is 16.5. The van der Waals surface area contributed by atoms with Crippen molar-refractivity contribution in [2.45, 2.75) is 51.1 Å². The Labute approximate surface area is 128 Å². The summed E-state index contributed by atoms with van der Waals surface area (Å²) in [7, 11) is 3.36. The average molecular weight is 292 g/mol. The Morgan fingerprint density at radius 2 is 2.10 bits per heavy atom. The lowest BCUT2D eigenvalue weighted by Gasteiger charge is -2.23. The molecular formula is C17H28N2O2. The molecule has 0 aromatic heterocycles. The van der Waals surface area contributed by atoms with Crippen LogP contribution in [0.4, 0.5) is 5.69 Å². The Morgan fingerprint density at radius 3 is 2.86 bits per heavy atom. The van der Waals surface area contributed by atoms with Gasteiger partial charge in [0.05, 0.1) is 19.9 Å². The predicted octanol–water partition coefficient (Wildman–Crippen LogP) is 3.43. The van der Waals surface area contributed by atoms with Crippen LogP contribution in [0.5, 0.6) is 11.5 Å². The molecule has 1 aromatic carbocycles. The zero-order valence-electron chi connectivity index (χ0n) is 13.4. The average Bonchev–Trinajstić information content (AvgIpc) is 2.76. The summed E-state index contributed by atoms with van der Waals surface area (Å²) < 4.78 is 10.7. The van der Waals surface area contributed by atoms with Gasteiger partial charge in [0.15, 0.2) is 0 Å². The largest absolute Gasteiger partial charge is 0.497 e. The quantitative estimate of drug-likeness (QED) is 0.843. The first-order chi connectivity index (χ1) is 10.2. The van der Waals surface area contributed by atoms with E-state index in [-0.39, 0.29) is 0 Å². The molecule has 0 saturated carbocycles. The monoisotopic (exact) mass is 292 g/mol. The summed E-state index contributed by atoms with van der Waals surface area (Å²) in [5, 5.41) is 7.21. The van der Waals surface area contributed by atoms with E-state index >= 15 is 0 Å². The third-order valence-corrected chi connectivity index (χ3v) is 4.11. The van der Waals surface area contributed by atoms with Crippen LogP contribution in [0, 0.1) is 0 Å². The molecule has 2 N–H and O–H groups in total. The minimum atomic E-state index is 0.405. The van der Waals surface area contributed by atoms with E-state index in [2.05, 4.69) is 17.6 Å². The second-order valence-corrected chi connectivity index (χ2v) is 5.85. The second kappa shape index (κ2) is 8.13. The van der Waals surface area contributed by atoms with E-state index in [1.807, 2.05) is 18.2 Å². The van der Waals surface area contributed by atoms with Crippen LogP contribution in [0.15, 0.2) is 18.2 Å². The molecule has 4 nitrogen and oxygen atoms in total. The van der Waals surface area contributed by atoms with Gasteiger partial charge in [0.1, 0.15) is 11.5 Å². The number of rotatable bonds is 6. The lowest BCUT2D eigenvalue weighted by Crippen LogP contribution is -2.33. The fraction of sp³-hybridized carbons (Fsp3) is 0.647. The first-order valence-corrected chi connectivity index (χ1v) is 7.95.